The average Bonchev–Trinajstić information content (AvgIpc) is 3.25. The lowest BCUT2D eigenvalue weighted by molar-refractivity contribution is -0.142. The number of rotatable bonds is 12. The van der Waals surface area contributed by atoms with Crippen LogP contribution >= 0.6 is 0 Å². The van der Waals surface area contributed by atoms with Crippen molar-refractivity contribution in [2.24, 2.45) is 5.92 Å². The first kappa shape index (κ1) is 47.2. The average molecular weight is 842 g/mol. The van der Waals surface area contributed by atoms with Gasteiger partial charge in [0.15, 0.2) is 0 Å². The summed E-state index contributed by atoms with van der Waals surface area (Å²) in [6, 6.07) is 16.4. The molecule has 0 saturated carbocycles. The summed E-state index contributed by atoms with van der Waals surface area (Å²) in [4.78, 5) is 96.7. The number of hydrogen-bond donors (Lipinski definition) is 8. The third kappa shape index (κ3) is 14.7. The lowest BCUT2D eigenvalue weighted by Crippen LogP contribution is -2.60. The quantitative estimate of drug-likeness (QED) is 0.134. The maximum Gasteiger partial charge on any atom is 0.326 e. The van der Waals surface area contributed by atoms with E-state index in [1.807, 2.05) is 37.3 Å². The minimum atomic E-state index is -1.32. The molecule has 328 valence electrons. The highest BCUT2D eigenvalue weighted by Gasteiger charge is 2.36. The summed E-state index contributed by atoms with van der Waals surface area (Å²) in [7, 11) is 1.44. The smallest absolute Gasteiger partial charge is 0.326 e. The molecule has 4 rings (SSSR count). The van der Waals surface area contributed by atoms with Crippen LogP contribution in [-0.4, -0.2) is 106 Å². The molecule has 0 aliphatic carbocycles. The Hall–Kier alpha value is -6.45. The number of urea groups is 1. The second-order valence-electron chi connectivity index (χ2n) is 15.6. The summed E-state index contributed by atoms with van der Waals surface area (Å²) in [5.74, 6) is -4.66. The summed E-state index contributed by atoms with van der Waals surface area (Å²) in [5.41, 5.74) is 2.24. The Balaban J connectivity index is 1.65. The third-order valence-electron chi connectivity index (χ3n) is 11.0. The van der Waals surface area contributed by atoms with E-state index in [9.17, 15) is 43.8 Å². The summed E-state index contributed by atoms with van der Waals surface area (Å²) >= 11 is 0. The predicted molar refractivity (Wildman–Crippen MR) is 228 cm³/mol. The molecule has 1 aliphatic rings. The molecule has 1 unspecified atom stereocenters. The van der Waals surface area contributed by atoms with Gasteiger partial charge in [-0.3, -0.25) is 24.0 Å². The number of phenols is 1. The molecule has 7 atom stereocenters. The van der Waals surface area contributed by atoms with Gasteiger partial charge in [0.1, 0.15) is 42.0 Å². The van der Waals surface area contributed by atoms with Gasteiger partial charge in [-0.25, -0.2) is 9.59 Å². The highest BCUT2D eigenvalue weighted by atomic mass is 16.4. The standard InChI is InChI=1S/C45H59N7O9/c1-5-28(2)38-42(57)47-35(24-21-30-19-22-33(53)23-20-30)43(58)52(4)29(3)39(54)48-36(26-31-14-8-6-9-15-31)40(55)46-25-13-12-18-34(41(56)51-38)49-45(61)50-37(44(59)60)27-32-16-10-7-11-17-32/h6-11,14-17,19-20,22-23,28-29,34-38,53H,5,12-13,18,21,24-27H2,1-4H3,(H,46,55)(H,47,57)(H,48,54)(H,51,56)(H,59,60)(H2,49,50,61)/t28-,29-,34+,35?,36-,37-,38-/m0/s1. The molecule has 1 aliphatic heterocycles. The molecule has 1 saturated heterocycles. The van der Waals surface area contributed by atoms with Gasteiger partial charge in [-0.2, -0.15) is 0 Å². The summed E-state index contributed by atoms with van der Waals surface area (Å²) in [6.07, 6.45) is 1.72. The molecule has 3 aromatic carbocycles. The second kappa shape index (κ2) is 23.4. The topological polar surface area (TPSA) is 235 Å². The second-order valence-corrected chi connectivity index (χ2v) is 15.6. The number of carbonyl (C=O) groups is 7. The fourth-order valence-corrected chi connectivity index (χ4v) is 6.90. The minimum Gasteiger partial charge on any atom is -0.508 e. The molecule has 16 heteroatoms. The van der Waals surface area contributed by atoms with Crippen molar-refractivity contribution >= 4 is 41.5 Å². The van der Waals surface area contributed by atoms with Crippen LogP contribution < -0.4 is 31.9 Å². The number of aliphatic carboxylic acids is 1. The molecular weight excluding hydrogens is 783 g/mol. The molecule has 3 aromatic rings. The van der Waals surface area contributed by atoms with Gasteiger partial charge >= 0.3 is 12.0 Å². The molecule has 0 bridgehead atoms. The van der Waals surface area contributed by atoms with Gasteiger partial charge in [0.2, 0.25) is 29.5 Å². The van der Waals surface area contributed by atoms with Crippen molar-refractivity contribution < 1.29 is 43.8 Å². The molecule has 0 spiro atoms. The molecule has 61 heavy (non-hydrogen) atoms. The number of carbonyl (C=O) groups excluding carboxylic acids is 6. The zero-order valence-corrected chi connectivity index (χ0v) is 35.2. The lowest BCUT2D eigenvalue weighted by Gasteiger charge is -2.32. The van der Waals surface area contributed by atoms with Crippen LogP contribution in [0.5, 0.6) is 5.75 Å². The number of carboxylic acid groups (broad SMARTS) is 1. The van der Waals surface area contributed by atoms with Crippen LogP contribution in [0.1, 0.15) is 69.6 Å². The summed E-state index contributed by atoms with van der Waals surface area (Å²) in [5, 5.41) is 36.1. The number of amides is 7. The number of nitrogens with zero attached hydrogens (tertiary/aromatic N) is 1. The molecule has 1 heterocycles. The number of phenolic OH excluding ortho intramolecular Hbond substituents is 1. The van der Waals surface area contributed by atoms with E-state index in [1.165, 1.54) is 31.0 Å². The van der Waals surface area contributed by atoms with Crippen LogP contribution in [0.25, 0.3) is 0 Å². The van der Waals surface area contributed by atoms with Crippen molar-refractivity contribution in [2.75, 3.05) is 13.6 Å². The first-order valence-corrected chi connectivity index (χ1v) is 20.8. The van der Waals surface area contributed by atoms with Gasteiger partial charge in [-0.05, 0) is 73.8 Å². The zero-order valence-electron chi connectivity index (χ0n) is 35.2. The number of aromatic hydroxyl groups is 1. The first-order valence-electron chi connectivity index (χ1n) is 20.8. The summed E-state index contributed by atoms with van der Waals surface area (Å²) in [6.45, 7) is 5.28. The van der Waals surface area contributed by atoms with E-state index in [4.69, 9.17) is 0 Å². The minimum absolute atomic E-state index is 0.0112. The number of likely N-dealkylation sites (N-methyl/N-ethyl adjacent to an activating group) is 1. The SMILES string of the molecule is CC[C@H](C)[C@@H]1NC(=O)[C@H](NC(=O)N[C@@H](Cc2ccccc2)C(=O)O)CCCCNC(=O)[C@H](Cc2ccccc2)NC(=O)[C@H](C)N(C)C(=O)C(CCc2ccc(O)cc2)NC1=O. The van der Waals surface area contributed by atoms with E-state index in [0.29, 0.717) is 31.2 Å². The fourth-order valence-electron chi connectivity index (χ4n) is 6.90. The summed E-state index contributed by atoms with van der Waals surface area (Å²) < 4.78 is 0. The van der Waals surface area contributed by atoms with Gasteiger partial charge in [0.25, 0.3) is 0 Å². The van der Waals surface area contributed by atoms with Crippen LogP contribution in [-0.2, 0) is 48.0 Å². The Morgan fingerprint density at radius 3 is 2.03 bits per heavy atom. The molecule has 0 radical (unpaired) electrons. The number of nitrogens with one attached hydrogen (secondary N) is 6. The van der Waals surface area contributed by atoms with Crippen molar-refractivity contribution in [3.8, 4) is 5.75 Å². The van der Waals surface area contributed by atoms with Crippen LogP contribution in [0.2, 0.25) is 0 Å². The van der Waals surface area contributed by atoms with Gasteiger partial charge in [-0.15, -0.1) is 0 Å². The van der Waals surface area contributed by atoms with Crippen molar-refractivity contribution in [1.82, 2.24) is 36.8 Å². The molecular formula is C45H59N7O9. The Bertz CT molecular complexity index is 1950. The van der Waals surface area contributed by atoms with E-state index in [-0.39, 0.29) is 38.0 Å². The van der Waals surface area contributed by atoms with E-state index in [0.717, 1.165) is 11.1 Å². The molecule has 7 amide bonds. The number of benzene rings is 3. The zero-order chi connectivity index (χ0) is 44.5. The lowest BCUT2D eigenvalue weighted by atomic mass is 9.96. The van der Waals surface area contributed by atoms with Crippen LogP contribution in [0, 0.1) is 5.92 Å². The van der Waals surface area contributed by atoms with Crippen molar-refractivity contribution in [2.45, 2.75) is 108 Å². The van der Waals surface area contributed by atoms with Crippen molar-refractivity contribution in [1.29, 1.82) is 0 Å². The van der Waals surface area contributed by atoms with E-state index in [1.54, 1.807) is 49.4 Å². The van der Waals surface area contributed by atoms with E-state index in [2.05, 4.69) is 31.9 Å². The number of hydrogen-bond acceptors (Lipinski definition) is 8. The molecule has 8 N–H and O–H groups in total. The van der Waals surface area contributed by atoms with Crippen molar-refractivity contribution in [3.05, 3.63) is 102 Å². The van der Waals surface area contributed by atoms with Gasteiger partial charge in [-0.1, -0.05) is 93.1 Å². The van der Waals surface area contributed by atoms with Gasteiger partial charge < -0.3 is 47.0 Å². The fraction of sp³-hybridized carbons (Fsp3) is 0.444. The molecule has 0 aromatic heterocycles. The largest absolute Gasteiger partial charge is 0.508 e. The monoisotopic (exact) mass is 841 g/mol. The van der Waals surface area contributed by atoms with E-state index < -0.39 is 83.7 Å². The Kier molecular flexibility index (Phi) is 18.1. The van der Waals surface area contributed by atoms with Crippen LogP contribution in [0.15, 0.2) is 84.9 Å². The number of carboxylic acids is 1. The Morgan fingerprint density at radius 1 is 0.787 bits per heavy atom. The molecule has 16 nitrogen and oxygen atoms in total. The molecule has 1 fully saturated rings. The van der Waals surface area contributed by atoms with Crippen molar-refractivity contribution in [3.63, 3.8) is 0 Å². The normalized spacial score (nSPS) is 22.1. The van der Waals surface area contributed by atoms with Crippen LogP contribution in [0.3, 0.4) is 0 Å². The van der Waals surface area contributed by atoms with E-state index >= 15 is 0 Å². The first-order chi connectivity index (χ1) is 29.2. The number of aryl methyl sites for hydroxylation is 1. The highest BCUT2D eigenvalue weighted by Crippen LogP contribution is 2.16. The maximum absolute atomic E-state index is 14.3. The third-order valence-corrected chi connectivity index (χ3v) is 11.0. The Labute approximate surface area is 356 Å². The van der Waals surface area contributed by atoms with Gasteiger partial charge in [0, 0.05) is 26.4 Å². The Morgan fingerprint density at radius 2 is 1.41 bits per heavy atom. The highest BCUT2D eigenvalue weighted by molar-refractivity contribution is 5.96. The predicted octanol–water partition coefficient (Wildman–Crippen LogP) is 2.58. The van der Waals surface area contributed by atoms with Crippen LogP contribution in [0.4, 0.5) is 4.79 Å². The van der Waals surface area contributed by atoms with Gasteiger partial charge in [0.05, 0.1) is 0 Å². The maximum atomic E-state index is 14.3.